The standard InChI is InChI=1S/C11H21N/c1-8(2)9-6-10-4-5-11(7-9)12(10)3/h8-11H,4-7H2,1-3H3/t10-,11-/m0/s1. The van der Waals surface area contributed by atoms with Crippen LogP contribution in [0.15, 0.2) is 0 Å². The zero-order valence-corrected chi connectivity index (χ0v) is 8.59. The summed E-state index contributed by atoms with van der Waals surface area (Å²) in [5, 5.41) is 0. The van der Waals surface area contributed by atoms with Crippen LogP contribution in [0.25, 0.3) is 0 Å². The first-order valence-electron chi connectivity index (χ1n) is 5.40. The highest BCUT2D eigenvalue weighted by Gasteiger charge is 2.38. The van der Waals surface area contributed by atoms with E-state index in [4.69, 9.17) is 0 Å². The number of piperidine rings is 1. The smallest absolute Gasteiger partial charge is 0.00984 e. The maximum atomic E-state index is 2.62. The molecule has 0 amide bonds. The lowest BCUT2D eigenvalue weighted by Crippen LogP contribution is -2.41. The first kappa shape index (κ1) is 8.55. The van der Waals surface area contributed by atoms with E-state index in [-0.39, 0.29) is 0 Å². The van der Waals surface area contributed by atoms with Crippen molar-refractivity contribution in [2.45, 2.75) is 51.6 Å². The van der Waals surface area contributed by atoms with Crippen LogP contribution in [0.1, 0.15) is 39.5 Å². The van der Waals surface area contributed by atoms with E-state index in [9.17, 15) is 0 Å². The molecule has 70 valence electrons. The maximum absolute atomic E-state index is 2.62. The van der Waals surface area contributed by atoms with E-state index in [1.165, 1.54) is 25.7 Å². The molecule has 0 aromatic heterocycles. The average Bonchev–Trinajstić information content (AvgIpc) is 2.30. The molecule has 2 saturated heterocycles. The largest absolute Gasteiger partial charge is 0.300 e. The molecule has 0 unspecified atom stereocenters. The second-order valence-corrected chi connectivity index (χ2v) is 5.03. The van der Waals surface area contributed by atoms with Crippen LogP contribution in [0.3, 0.4) is 0 Å². The van der Waals surface area contributed by atoms with Gasteiger partial charge in [-0.3, -0.25) is 0 Å². The Labute approximate surface area is 76.1 Å². The highest BCUT2D eigenvalue weighted by atomic mass is 15.2. The lowest BCUT2D eigenvalue weighted by molar-refractivity contribution is 0.111. The first-order chi connectivity index (χ1) is 5.68. The molecule has 1 nitrogen and oxygen atoms in total. The quantitative estimate of drug-likeness (QED) is 0.580. The Bertz CT molecular complexity index is 150. The third-order valence-corrected chi connectivity index (χ3v) is 4.08. The SMILES string of the molecule is CC(C)C1C[C@@H]2CC[C@@H](C1)N2C. The summed E-state index contributed by atoms with van der Waals surface area (Å²) >= 11 is 0. The van der Waals surface area contributed by atoms with E-state index in [1.807, 2.05) is 0 Å². The molecule has 2 aliphatic rings. The van der Waals surface area contributed by atoms with Crippen LogP contribution in [-0.4, -0.2) is 24.0 Å². The van der Waals surface area contributed by atoms with Crippen LogP contribution >= 0.6 is 0 Å². The fourth-order valence-electron chi connectivity index (χ4n) is 3.00. The zero-order chi connectivity index (χ0) is 8.72. The molecule has 0 spiro atoms. The Morgan fingerprint density at radius 1 is 1.08 bits per heavy atom. The molecule has 0 aliphatic carbocycles. The molecule has 0 radical (unpaired) electrons. The Morgan fingerprint density at radius 2 is 1.58 bits per heavy atom. The minimum Gasteiger partial charge on any atom is -0.300 e. The van der Waals surface area contributed by atoms with E-state index in [0.717, 1.165) is 23.9 Å². The van der Waals surface area contributed by atoms with E-state index in [2.05, 4.69) is 25.8 Å². The molecule has 0 aromatic rings. The summed E-state index contributed by atoms with van der Waals surface area (Å²) in [7, 11) is 2.32. The van der Waals surface area contributed by atoms with Gasteiger partial charge in [0, 0.05) is 12.1 Å². The molecular weight excluding hydrogens is 146 g/mol. The van der Waals surface area contributed by atoms with Crippen LogP contribution < -0.4 is 0 Å². The van der Waals surface area contributed by atoms with Crippen LogP contribution in [-0.2, 0) is 0 Å². The maximum Gasteiger partial charge on any atom is 0.00984 e. The van der Waals surface area contributed by atoms with Gasteiger partial charge in [-0.2, -0.15) is 0 Å². The van der Waals surface area contributed by atoms with E-state index >= 15 is 0 Å². The summed E-state index contributed by atoms with van der Waals surface area (Å²) < 4.78 is 0. The fraction of sp³-hybridized carbons (Fsp3) is 1.00. The number of fused-ring (bicyclic) bond motifs is 2. The summed E-state index contributed by atoms with van der Waals surface area (Å²) in [4.78, 5) is 2.62. The predicted octanol–water partition coefficient (Wildman–Crippen LogP) is 2.52. The molecule has 2 atom stereocenters. The molecule has 2 rings (SSSR count). The van der Waals surface area contributed by atoms with Crippen LogP contribution in [0, 0.1) is 11.8 Å². The minimum absolute atomic E-state index is 0.904. The topological polar surface area (TPSA) is 3.24 Å². The van der Waals surface area contributed by atoms with Gasteiger partial charge < -0.3 is 4.90 Å². The van der Waals surface area contributed by atoms with Gasteiger partial charge in [0.1, 0.15) is 0 Å². The molecule has 12 heavy (non-hydrogen) atoms. The van der Waals surface area contributed by atoms with E-state index in [0.29, 0.717) is 0 Å². The molecular formula is C11H21N. The van der Waals surface area contributed by atoms with Crippen molar-refractivity contribution in [3.05, 3.63) is 0 Å². The van der Waals surface area contributed by atoms with Gasteiger partial charge in [-0.25, -0.2) is 0 Å². The van der Waals surface area contributed by atoms with Crippen molar-refractivity contribution in [2.75, 3.05) is 7.05 Å². The van der Waals surface area contributed by atoms with Crippen molar-refractivity contribution in [2.24, 2.45) is 11.8 Å². The Morgan fingerprint density at radius 3 is 2.00 bits per heavy atom. The summed E-state index contributed by atoms with van der Waals surface area (Å²) in [6.45, 7) is 4.77. The Hall–Kier alpha value is -0.0400. The van der Waals surface area contributed by atoms with Gasteiger partial charge in [-0.05, 0) is 44.6 Å². The van der Waals surface area contributed by atoms with Crippen molar-refractivity contribution in [1.82, 2.24) is 4.90 Å². The lowest BCUT2D eigenvalue weighted by Gasteiger charge is -2.38. The summed E-state index contributed by atoms with van der Waals surface area (Å²) in [6, 6.07) is 1.85. The van der Waals surface area contributed by atoms with Crippen molar-refractivity contribution in [3.8, 4) is 0 Å². The number of hydrogen-bond acceptors (Lipinski definition) is 1. The van der Waals surface area contributed by atoms with Gasteiger partial charge >= 0.3 is 0 Å². The van der Waals surface area contributed by atoms with Gasteiger partial charge in [-0.1, -0.05) is 13.8 Å². The third kappa shape index (κ3) is 1.28. The van der Waals surface area contributed by atoms with Crippen molar-refractivity contribution < 1.29 is 0 Å². The molecule has 2 fully saturated rings. The van der Waals surface area contributed by atoms with E-state index in [1.54, 1.807) is 0 Å². The van der Waals surface area contributed by atoms with Gasteiger partial charge in [0.2, 0.25) is 0 Å². The molecule has 1 heteroatoms. The molecule has 2 heterocycles. The third-order valence-electron chi connectivity index (χ3n) is 4.08. The van der Waals surface area contributed by atoms with Gasteiger partial charge in [0.15, 0.2) is 0 Å². The van der Waals surface area contributed by atoms with Gasteiger partial charge in [0.05, 0.1) is 0 Å². The zero-order valence-electron chi connectivity index (χ0n) is 8.59. The van der Waals surface area contributed by atoms with Gasteiger partial charge in [-0.15, -0.1) is 0 Å². The normalized spacial score (nSPS) is 42.5. The second-order valence-electron chi connectivity index (χ2n) is 5.03. The number of hydrogen-bond donors (Lipinski definition) is 0. The predicted molar refractivity (Wildman–Crippen MR) is 52.1 cm³/mol. The van der Waals surface area contributed by atoms with Crippen molar-refractivity contribution >= 4 is 0 Å². The molecule has 0 N–H and O–H groups in total. The van der Waals surface area contributed by atoms with Crippen molar-refractivity contribution in [1.29, 1.82) is 0 Å². The summed E-state index contributed by atoms with van der Waals surface area (Å²) in [5.41, 5.74) is 0. The monoisotopic (exact) mass is 167 g/mol. The Balaban J connectivity index is 2.02. The van der Waals surface area contributed by atoms with Crippen LogP contribution in [0.5, 0.6) is 0 Å². The molecule has 2 bridgehead atoms. The number of rotatable bonds is 1. The molecule has 0 saturated carbocycles. The Kier molecular flexibility index (Phi) is 2.16. The van der Waals surface area contributed by atoms with E-state index < -0.39 is 0 Å². The van der Waals surface area contributed by atoms with Crippen molar-refractivity contribution in [3.63, 3.8) is 0 Å². The highest BCUT2D eigenvalue weighted by Crippen LogP contribution is 2.39. The van der Waals surface area contributed by atoms with Gasteiger partial charge in [0.25, 0.3) is 0 Å². The molecule has 2 aliphatic heterocycles. The molecule has 0 aromatic carbocycles. The van der Waals surface area contributed by atoms with Crippen LogP contribution in [0.2, 0.25) is 0 Å². The summed E-state index contributed by atoms with van der Waals surface area (Å²) in [6.07, 6.45) is 5.85. The first-order valence-corrected chi connectivity index (χ1v) is 5.40. The lowest BCUT2D eigenvalue weighted by atomic mass is 9.83. The average molecular weight is 167 g/mol. The second kappa shape index (κ2) is 3.02. The minimum atomic E-state index is 0.904. The van der Waals surface area contributed by atoms with Crippen LogP contribution in [0.4, 0.5) is 0 Å². The fourth-order valence-corrected chi connectivity index (χ4v) is 3.00. The number of nitrogens with zero attached hydrogens (tertiary/aromatic N) is 1. The summed E-state index contributed by atoms with van der Waals surface area (Å²) in [5.74, 6) is 1.92. The highest BCUT2D eigenvalue weighted by molar-refractivity contribution is 4.93.